The van der Waals surface area contributed by atoms with Gasteiger partial charge in [-0.15, -0.1) is 0 Å². The lowest BCUT2D eigenvalue weighted by Crippen LogP contribution is -2.46. The van der Waals surface area contributed by atoms with E-state index in [1.807, 2.05) is 43.3 Å². The molecule has 1 aliphatic heterocycles. The quantitative estimate of drug-likeness (QED) is 0.558. The van der Waals surface area contributed by atoms with Crippen LogP contribution in [0.25, 0.3) is 0 Å². The van der Waals surface area contributed by atoms with Gasteiger partial charge in [0.1, 0.15) is 6.61 Å². The molecule has 32 heavy (non-hydrogen) atoms. The maximum Gasteiger partial charge on any atom is 0.338 e. The van der Waals surface area contributed by atoms with Crippen molar-refractivity contribution in [3.05, 3.63) is 70.9 Å². The van der Waals surface area contributed by atoms with Crippen molar-refractivity contribution in [1.29, 1.82) is 0 Å². The van der Waals surface area contributed by atoms with Crippen LogP contribution in [0.1, 0.15) is 50.8 Å². The van der Waals surface area contributed by atoms with Crippen molar-refractivity contribution in [2.45, 2.75) is 52.4 Å². The van der Waals surface area contributed by atoms with Gasteiger partial charge in [0.15, 0.2) is 11.5 Å². The molecule has 0 radical (unpaired) electrons. The largest absolute Gasteiger partial charge is 0.493 e. The van der Waals surface area contributed by atoms with E-state index in [1.165, 1.54) is 0 Å². The summed E-state index contributed by atoms with van der Waals surface area (Å²) in [7, 11) is 1.57. The van der Waals surface area contributed by atoms with E-state index < -0.39 is 12.0 Å². The van der Waals surface area contributed by atoms with Gasteiger partial charge in [0, 0.05) is 5.70 Å². The highest BCUT2D eigenvalue weighted by Gasteiger charge is 2.34. The molecule has 1 aliphatic rings. The lowest BCUT2D eigenvalue weighted by Gasteiger charge is -2.30. The average molecular weight is 439 g/mol. The number of methoxy groups -OCH3 is 1. The highest BCUT2D eigenvalue weighted by atomic mass is 16.5. The number of hydrogen-bond acceptors (Lipinski definition) is 5. The molecule has 3 rings (SSSR count). The van der Waals surface area contributed by atoms with E-state index in [4.69, 9.17) is 14.2 Å². The number of amides is 2. The van der Waals surface area contributed by atoms with E-state index in [-0.39, 0.29) is 12.1 Å². The van der Waals surface area contributed by atoms with Gasteiger partial charge >= 0.3 is 12.0 Å². The van der Waals surface area contributed by atoms with Crippen molar-refractivity contribution in [2.75, 3.05) is 7.11 Å². The molecule has 2 aromatic rings. The number of allylic oxidation sites excluding steroid dienone is 1. The fourth-order valence-corrected chi connectivity index (χ4v) is 3.55. The summed E-state index contributed by atoms with van der Waals surface area (Å²) in [6, 6.07) is 14.2. The first-order valence-electron chi connectivity index (χ1n) is 10.8. The van der Waals surface area contributed by atoms with E-state index in [9.17, 15) is 9.59 Å². The van der Waals surface area contributed by atoms with Crippen molar-refractivity contribution in [2.24, 2.45) is 0 Å². The maximum absolute atomic E-state index is 13.0. The molecule has 7 heteroatoms. The molecule has 0 spiro atoms. The van der Waals surface area contributed by atoms with Gasteiger partial charge in [0.05, 0.1) is 24.8 Å². The van der Waals surface area contributed by atoms with Gasteiger partial charge in [0.2, 0.25) is 0 Å². The van der Waals surface area contributed by atoms with Crippen molar-refractivity contribution >= 4 is 12.0 Å². The number of urea groups is 1. The Morgan fingerprint density at radius 3 is 2.50 bits per heavy atom. The molecule has 0 fully saturated rings. The highest BCUT2D eigenvalue weighted by molar-refractivity contribution is 5.95. The Morgan fingerprint density at radius 2 is 1.84 bits per heavy atom. The molecular formula is C25H30N2O5. The van der Waals surface area contributed by atoms with Gasteiger partial charge in [-0.25, -0.2) is 9.59 Å². The van der Waals surface area contributed by atoms with Crippen molar-refractivity contribution < 1.29 is 23.8 Å². The first-order valence-corrected chi connectivity index (χ1v) is 10.8. The fraction of sp³-hybridized carbons (Fsp3) is 0.360. The van der Waals surface area contributed by atoms with Crippen LogP contribution in [-0.2, 0) is 16.1 Å². The third-order valence-electron chi connectivity index (χ3n) is 4.97. The Labute approximate surface area is 188 Å². The Kier molecular flexibility index (Phi) is 7.76. The van der Waals surface area contributed by atoms with Crippen LogP contribution < -0.4 is 20.1 Å². The van der Waals surface area contributed by atoms with Crippen molar-refractivity contribution in [3.8, 4) is 11.5 Å². The van der Waals surface area contributed by atoms with E-state index in [0.717, 1.165) is 12.0 Å². The van der Waals surface area contributed by atoms with E-state index in [2.05, 4.69) is 10.6 Å². The van der Waals surface area contributed by atoms with Crippen LogP contribution in [0.5, 0.6) is 11.5 Å². The van der Waals surface area contributed by atoms with Crippen LogP contribution in [0.4, 0.5) is 4.79 Å². The highest BCUT2D eigenvalue weighted by Crippen LogP contribution is 2.35. The summed E-state index contributed by atoms with van der Waals surface area (Å²) in [6.45, 7) is 5.94. The second-order valence-corrected chi connectivity index (χ2v) is 7.81. The van der Waals surface area contributed by atoms with E-state index in [0.29, 0.717) is 41.4 Å². The Bertz CT molecular complexity index is 985. The molecule has 0 aromatic heterocycles. The standard InChI is InChI=1S/C25H30N2O5/c1-5-9-19-22(24(28)32-16(2)3)23(27-25(29)26-19)18-12-13-20(30-4)21(14-18)31-15-17-10-7-6-8-11-17/h6-8,10-14,16,23H,5,9,15H2,1-4H3,(H2,26,27,29). The molecule has 0 aliphatic carbocycles. The summed E-state index contributed by atoms with van der Waals surface area (Å²) in [4.78, 5) is 25.4. The second kappa shape index (κ2) is 10.7. The molecular weight excluding hydrogens is 408 g/mol. The average Bonchev–Trinajstić information content (AvgIpc) is 2.77. The molecule has 1 heterocycles. The summed E-state index contributed by atoms with van der Waals surface area (Å²) in [5, 5.41) is 5.64. The lowest BCUT2D eigenvalue weighted by atomic mass is 9.93. The number of carbonyl (C=O) groups excluding carboxylic acids is 2. The number of nitrogens with one attached hydrogen (secondary N) is 2. The number of benzene rings is 2. The molecule has 2 aromatic carbocycles. The fourth-order valence-electron chi connectivity index (χ4n) is 3.55. The lowest BCUT2D eigenvalue weighted by molar-refractivity contribution is -0.143. The predicted octanol–water partition coefficient (Wildman–Crippen LogP) is 4.63. The number of esters is 1. The number of hydrogen-bond donors (Lipinski definition) is 2. The molecule has 2 N–H and O–H groups in total. The van der Waals surface area contributed by atoms with Crippen molar-refractivity contribution in [1.82, 2.24) is 10.6 Å². The summed E-state index contributed by atoms with van der Waals surface area (Å²) in [5.41, 5.74) is 2.70. The Morgan fingerprint density at radius 1 is 1.09 bits per heavy atom. The summed E-state index contributed by atoms with van der Waals surface area (Å²) >= 11 is 0. The van der Waals surface area contributed by atoms with Gasteiger partial charge in [-0.3, -0.25) is 0 Å². The van der Waals surface area contributed by atoms with Gasteiger partial charge in [-0.1, -0.05) is 49.7 Å². The normalized spacial score (nSPS) is 15.8. The molecule has 0 saturated carbocycles. The summed E-state index contributed by atoms with van der Waals surface area (Å²) in [5.74, 6) is 0.632. The Hall–Kier alpha value is -3.48. The minimum atomic E-state index is -0.665. The van der Waals surface area contributed by atoms with Crippen LogP contribution >= 0.6 is 0 Å². The van der Waals surface area contributed by atoms with Crippen LogP contribution in [-0.4, -0.2) is 25.2 Å². The number of rotatable bonds is 9. The molecule has 0 saturated heterocycles. The van der Waals surface area contributed by atoms with Crippen LogP contribution in [0.15, 0.2) is 59.8 Å². The minimum absolute atomic E-state index is 0.281. The zero-order chi connectivity index (χ0) is 23.1. The SMILES string of the molecule is CCCC1=C(C(=O)OC(C)C)C(c2ccc(OC)c(OCc3ccccc3)c2)NC(=O)N1. The molecule has 7 nitrogen and oxygen atoms in total. The monoisotopic (exact) mass is 438 g/mol. The molecule has 170 valence electrons. The van der Waals surface area contributed by atoms with E-state index in [1.54, 1.807) is 33.1 Å². The zero-order valence-electron chi connectivity index (χ0n) is 18.9. The third kappa shape index (κ3) is 5.60. The first kappa shape index (κ1) is 23.2. The molecule has 2 amide bonds. The summed E-state index contributed by atoms with van der Waals surface area (Å²) < 4.78 is 17.0. The van der Waals surface area contributed by atoms with Gasteiger partial charge in [-0.05, 0) is 43.5 Å². The smallest absolute Gasteiger partial charge is 0.338 e. The van der Waals surface area contributed by atoms with Crippen LogP contribution in [0.2, 0.25) is 0 Å². The Balaban J connectivity index is 1.98. The second-order valence-electron chi connectivity index (χ2n) is 7.81. The number of carbonyl (C=O) groups is 2. The van der Waals surface area contributed by atoms with Gasteiger partial charge in [-0.2, -0.15) is 0 Å². The predicted molar refractivity (Wildman–Crippen MR) is 121 cm³/mol. The van der Waals surface area contributed by atoms with Crippen LogP contribution in [0, 0.1) is 0 Å². The third-order valence-corrected chi connectivity index (χ3v) is 4.97. The van der Waals surface area contributed by atoms with Crippen molar-refractivity contribution in [3.63, 3.8) is 0 Å². The van der Waals surface area contributed by atoms with Gasteiger partial charge in [0.25, 0.3) is 0 Å². The number of ether oxygens (including phenoxy) is 3. The maximum atomic E-state index is 13.0. The minimum Gasteiger partial charge on any atom is -0.493 e. The first-order chi connectivity index (χ1) is 15.4. The topological polar surface area (TPSA) is 85.9 Å². The molecule has 1 unspecified atom stereocenters. The zero-order valence-corrected chi connectivity index (χ0v) is 18.9. The molecule has 0 bridgehead atoms. The van der Waals surface area contributed by atoms with Crippen LogP contribution in [0.3, 0.4) is 0 Å². The van der Waals surface area contributed by atoms with Gasteiger partial charge < -0.3 is 24.8 Å². The summed E-state index contributed by atoms with van der Waals surface area (Å²) in [6.07, 6.45) is 1.05. The molecule has 1 atom stereocenters. The van der Waals surface area contributed by atoms with E-state index >= 15 is 0 Å².